The smallest absolute Gasteiger partial charge is 0.310 e. The molecule has 112 valence electrons. The van der Waals surface area contributed by atoms with Gasteiger partial charge in [0.25, 0.3) is 0 Å². The fourth-order valence-corrected chi connectivity index (χ4v) is 2.69. The van der Waals surface area contributed by atoms with Crippen molar-refractivity contribution in [2.75, 3.05) is 7.05 Å². The van der Waals surface area contributed by atoms with Crippen LogP contribution in [0.4, 0.5) is 8.78 Å². The summed E-state index contributed by atoms with van der Waals surface area (Å²) in [6, 6.07) is 3.24. The van der Waals surface area contributed by atoms with Gasteiger partial charge in [-0.3, -0.25) is 4.98 Å². The Morgan fingerprint density at radius 2 is 2.14 bits per heavy atom. The average molecular weight is 309 g/mol. The molecule has 1 atom stereocenters. The molecule has 2 rings (SSSR count). The predicted octanol–water partition coefficient (Wildman–Crippen LogP) is 4.15. The van der Waals surface area contributed by atoms with Crippen LogP contribution in [0.25, 0.3) is 10.6 Å². The van der Waals surface area contributed by atoms with E-state index in [0.29, 0.717) is 10.6 Å². The zero-order valence-electron chi connectivity index (χ0n) is 12.2. The molecule has 0 radical (unpaired) electrons. The van der Waals surface area contributed by atoms with Crippen molar-refractivity contribution in [3.63, 3.8) is 0 Å². The predicted molar refractivity (Wildman–Crippen MR) is 81.5 cm³/mol. The van der Waals surface area contributed by atoms with Crippen LogP contribution in [0.2, 0.25) is 0 Å². The van der Waals surface area contributed by atoms with Crippen LogP contribution in [0.1, 0.15) is 30.5 Å². The summed E-state index contributed by atoms with van der Waals surface area (Å²) in [6.45, 7) is 6.65. The number of aromatic nitrogens is 2. The van der Waals surface area contributed by atoms with E-state index in [1.165, 1.54) is 30.5 Å². The molecule has 0 aliphatic rings. The number of hydrogen-bond acceptors (Lipinski definition) is 4. The van der Waals surface area contributed by atoms with Gasteiger partial charge >= 0.3 is 5.92 Å². The Balaban J connectivity index is 2.38. The van der Waals surface area contributed by atoms with Gasteiger partial charge < -0.3 is 5.32 Å². The maximum Gasteiger partial charge on any atom is 0.310 e. The lowest BCUT2D eigenvalue weighted by Crippen LogP contribution is -2.16. The lowest BCUT2D eigenvalue weighted by Gasteiger charge is -2.15. The second-order valence-corrected chi connectivity index (χ2v) is 5.92. The van der Waals surface area contributed by atoms with Crippen molar-refractivity contribution in [2.24, 2.45) is 0 Å². The highest BCUT2D eigenvalue weighted by Crippen LogP contribution is 2.36. The highest BCUT2D eigenvalue weighted by atomic mass is 32.1. The van der Waals surface area contributed by atoms with E-state index in [0.717, 1.165) is 4.88 Å². The number of hydrogen-bond donors (Lipinski definition) is 1. The van der Waals surface area contributed by atoms with Crippen LogP contribution in [0.15, 0.2) is 36.7 Å². The summed E-state index contributed by atoms with van der Waals surface area (Å²) in [5.41, 5.74) is 0.113. The standard InChI is InChI=1S/C15H17F2N3S/c1-9(2)15(16,17)13-7-11(5-6-19-13)14-20-8-12(21-14)10(3)18-4/h5-8,10,18H,1H2,2-4H3/t10-/m0/s1. The molecule has 0 spiro atoms. The first kappa shape index (κ1) is 15.7. The Morgan fingerprint density at radius 3 is 2.76 bits per heavy atom. The summed E-state index contributed by atoms with van der Waals surface area (Å²) in [4.78, 5) is 9.13. The number of rotatable bonds is 5. The molecule has 0 aromatic carbocycles. The zero-order chi connectivity index (χ0) is 15.6. The molecular weight excluding hydrogens is 292 g/mol. The summed E-state index contributed by atoms with van der Waals surface area (Å²) in [7, 11) is 1.86. The minimum absolute atomic E-state index is 0.175. The van der Waals surface area contributed by atoms with Crippen molar-refractivity contribution >= 4 is 11.3 Å². The van der Waals surface area contributed by atoms with Gasteiger partial charge in [-0.05, 0) is 38.6 Å². The Kier molecular flexibility index (Phi) is 4.49. The first-order chi connectivity index (χ1) is 9.86. The molecular formula is C15H17F2N3S. The number of allylic oxidation sites excluding steroid dienone is 1. The molecule has 0 aliphatic carbocycles. The molecule has 0 bridgehead atoms. The quantitative estimate of drug-likeness (QED) is 0.843. The molecule has 6 heteroatoms. The molecule has 0 amide bonds. The Morgan fingerprint density at radius 1 is 1.43 bits per heavy atom. The van der Waals surface area contributed by atoms with E-state index >= 15 is 0 Å². The van der Waals surface area contributed by atoms with E-state index < -0.39 is 5.92 Å². The van der Waals surface area contributed by atoms with Crippen LogP contribution in [0.3, 0.4) is 0 Å². The summed E-state index contributed by atoms with van der Waals surface area (Å²) in [5, 5.41) is 3.83. The molecule has 2 aromatic heterocycles. The first-order valence-electron chi connectivity index (χ1n) is 6.50. The van der Waals surface area contributed by atoms with Crippen molar-refractivity contribution in [3.8, 4) is 10.6 Å². The Bertz CT molecular complexity index is 652. The van der Waals surface area contributed by atoms with Crippen LogP contribution in [0, 0.1) is 0 Å². The van der Waals surface area contributed by atoms with Crippen LogP contribution in [0.5, 0.6) is 0 Å². The molecule has 0 saturated carbocycles. The second-order valence-electron chi connectivity index (χ2n) is 4.86. The molecule has 2 aromatic rings. The number of halogens is 2. The minimum Gasteiger partial charge on any atom is -0.312 e. The monoisotopic (exact) mass is 309 g/mol. The van der Waals surface area contributed by atoms with E-state index in [-0.39, 0.29) is 17.3 Å². The van der Waals surface area contributed by atoms with Crippen LogP contribution in [-0.2, 0) is 5.92 Å². The maximum atomic E-state index is 14.0. The Labute approximate surface area is 126 Å². The van der Waals surface area contributed by atoms with Gasteiger partial charge in [-0.2, -0.15) is 8.78 Å². The van der Waals surface area contributed by atoms with Crippen molar-refractivity contribution in [3.05, 3.63) is 47.2 Å². The summed E-state index contributed by atoms with van der Waals surface area (Å²) in [6.07, 6.45) is 3.14. The molecule has 1 N–H and O–H groups in total. The third kappa shape index (κ3) is 3.16. The van der Waals surface area contributed by atoms with Crippen molar-refractivity contribution < 1.29 is 8.78 Å². The molecule has 21 heavy (non-hydrogen) atoms. The molecule has 2 heterocycles. The molecule has 0 aliphatic heterocycles. The normalized spacial score (nSPS) is 13.2. The minimum atomic E-state index is -3.13. The van der Waals surface area contributed by atoms with Gasteiger partial charge in [0.1, 0.15) is 10.7 Å². The lowest BCUT2D eigenvalue weighted by atomic mass is 10.1. The van der Waals surface area contributed by atoms with E-state index in [1.54, 1.807) is 12.3 Å². The maximum absolute atomic E-state index is 14.0. The fourth-order valence-electron chi connectivity index (χ4n) is 1.72. The van der Waals surface area contributed by atoms with Gasteiger partial charge in [0.05, 0.1) is 0 Å². The highest BCUT2D eigenvalue weighted by molar-refractivity contribution is 7.15. The average Bonchev–Trinajstić information content (AvgIpc) is 2.96. The van der Waals surface area contributed by atoms with Gasteiger partial charge in [0, 0.05) is 28.9 Å². The lowest BCUT2D eigenvalue weighted by molar-refractivity contribution is 0.0338. The van der Waals surface area contributed by atoms with Gasteiger partial charge in [-0.1, -0.05) is 6.58 Å². The van der Waals surface area contributed by atoms with Crippen LogP contribution < -0.4 is 5.32 Å². The Hall–Kier alpha value is -1.66. The van der Waals surface area contributed by atoms with E-state index in [4.69, 9.17) is 0 Å². The third-order valence-corrected chi connectivity index (χ3v) is 4.48. The molecule has 0 saturated heterocycles. The van der Waals surface area contributed by atoms with Gasteiger partial charge in [-0.25, -0.2) is 4.98 Å². The first-order valence-corrected chi connectivity index (χ1v) is 7.31. The van der Waals surface area contributed by atoms with Gasteiger partial charge in [0.2, 0.25) is 0 Å². The molecule has 0 fully saturated rings. The molecule has 3 nitrogen and oxygen atoms in total. The van der Waals surface area contributed by atoms with Crippen LogP contribution in [-0.4, -0.2) is 17.0 Å². The summed E-state index contributed by atoms with van der Waals surface area (Å²) in [5.74, 6) is -3.13. The SMILES string of the molecule is C=C(C)C(F)(F)c1cc(-c2ncc([C@H](C)NC)s2)ccn1. The summed E-state index contributed by atoms with van der Waals surface area (Å²) < 4.78 is 27.9. The van der Waals surface area contributed by atoms with Crippen molar-refractivity contribution in [1.82, 2.24) is 15.3 Å². The largest absolute Gasteiger partial charge is 0.312 e. The number of alkyl halides is 2. The number of nitrogens with zero attached hydrogens (tertiary/aromatic N) is 2. The fraction of sp³-hybridized carbons (Fsp3) is 0.333. The highest BCUT2D eigenvalue weighted by Gasteiger charge is 2.34. The van der Waals surface area contributed by atoms with E-state index in [9.17, 15) is 8.78 Å². The number of nitrogens with one attached hydrogen (secondary N) is 1. The van der Waals surface area contributed by atoms with Crippen molar-refractivity contribution in [2.45, 2.75) is 25.8 Å². The zero-order valence-corrected chi connectivity index (χ0v) is 13.0. The summed E-state index contributed by atoms with van der Waals surface area (Å²) >= 11 is 1.48. The van der Waals surface area contributed by atoms with Gasteiger partial charge in [0.15, 0.2) is 0 Å². The van der Waals surface area contributed by atoms with E-state index in [2.05, 4.69) is 21.9 Å². The van der Waals surface area contributed by atoms with Gasteiger partial charge in [-0.15, -0.1) is 11.3 Å². The van der Waals surface area contributed by atoms with Crippen LogP contribution >= 0.6 is 11.3 Å². The second kappa shape index (κ2) is 5.99. The number of thiazole rings is 1. The van der Waals surface area contributed by atoms with Crippen molar-refractivity contribution in [1.29, 1.82) is 0 Å². The topological polar surface area (TPSA) is 37.8 Å². The third-order valence-electron chi connectivity index (χ3n) is 3.25. The molecule has 0 unspecified atom stereocenters. The number of pyridine rings is 1. The van der Waals surface area contributed by atoms with E-state index in [1.807, 2.05) is 14.0 Å².